The maximum Gasteiger partial charge on any atom is 0.267 e. The maximum atomic E-state index is 13.4. The number of hydrogen-bond acceptors (Lipinski definition) is 4. The summed E-state index contributed by atoms with van der Waals surface area (Å²) in [6.45, 7) is 0.743. The zero-order valence-corrected chi connectivity index (χ0v) is 17.0. The van der Waals surface area contributed by atoms with Crippen LogP contribution in [-0.4, -0.2) is 32.1 Å². The van der Waals surface area contributed by atoms with Crippen LogP contribution in [0.3, 0.4) is 0 Å². The first-order valence-corrected chi connectivity index (χ1v) is 9.73. The number of fused-ring (bicyclic) bond motifs is 1. The molecule has 146 valence electrons. The van der Waals surface area contributed by atoms with E-state index in [1.807, 2.05) is 0 Å². The summed E-state index contributed by atoms with van der Waals surface area (Å²) in [6.07, 6.45) is 0. The van der Waals surface area contributed by atoms with Gasteiger partial charge in [-0.15, -0.1) is 11.3 Å². The maximum absolute atomic E-state index is 13.4. The topological polar surface area (TPSA) is 67.4 Å². The number of rotatable bonds is 6. The molecule has 0 fully saturated rings. The van der Waals surface area contributed by atoms with E-state index in [-0.39, 0.29) is 26.4 Å². The fourth-order valence-corrected chi connectivity index (χ4v) is 4.22. The van der Waals surface area contributed by atoms with Crippen LogP contribution in [0, 0.1) is 5.82 Å². The number of anilines is 1. The minimum absolute atomic E-state index is 0.192. The van der Waals surface area contributed by atoms with E-state index < -0.39 is 11.7 Å². The molecule has 9 heteroatoms. The number of benzene rings is 2. The molecule has 28 heavy (non-hydrogen) atoms. The van der Waals surface area contributed by atoms with Crippen LogP contribution < -0.4 is 10.6 Å². The molecule has 2 aromatic carbocycles. The number of hydrogen-bond donors (Lipinski definition) is 2. The molecule has 2 N–H and O–H groups in total. The van der Waals surface area contributed by atoms with Crippen molar-refractivity contribution in [3.8, 4) is 0 Å². The number of amides is 2. The van der Waals surface area contributed by atoms with Crippen molar-refractivity contribution in [1.82, 2.24) is 5.32 Å². The quantitative estimate of drug-likeness (QED) is 0.531. The number of carbonyl (C=O) groups excluding carboxylic acids is 2. The van der Waals surface area contributed by atoms with Gasteiger partial charge in [-0.05, 0) is 36.4 Å². The van der Waals surface area contributed by atoms with Gasteiger partial charge in [-0.3, -0.25) is 9.59 Å². The molecule has 0 radical (unpaired) electrons. The molecule has 3 aromatic rings. The van der Waals surface area contributed by atoms with Crippen molar-refractivity contribution in [1.29, 1.82) is 0 Å². The highest BCUT2D eigenvalue weighted by molar-refractivity contribution is 7.21. The van der Waals surface area contributed by atoms with Crippen molar-refractivity contribution in [2.45, 2.75) is 0 Å². The first-order chi connectivity index (χ1) is 13.4. The molecule has 0 atom stereocenters. The lowest BCUT2D eigenvalue weighted by molar-refractivity contribution is 0.0937. The second-order valence-electron chi connectivity index (χ2n) is 5.78. The standard InChI is InChI=1S/C19H15Cl2FN2O3S/c1-27-7-6-23-18(25)12-5-3-11(9-14(12)20)24-19(26)17-16(21)13-4-2-10(22)8-15(13)28-17/h2-5,8-9H,6-7H2,1H3,(H,23,25)(H,24,26). The van der Waals surface area contributed by atoms with Crippen LogP contribution in [0.25, 0.3) is 10.1 Å². The molecule has 0 saturated heterocycles. The second kappa shape index (κ2) is 8.87. The smallest absolute Gasteiger partial charge is 0.267 e. The molecule has 1 heterocycles. The van der Waals surface area contributed by atoms with Crippen LogP contribution in [0.4, 0.5) is 10.1 Å². The normalized spacial score (nSPS) is 10.9. The van der Waals surface area contributed by atoms with Gasteiger partial charge < -0.3 is 15.4 Å². The van der Waals surface area contributed by atoms with E-state index in [1.54, 1.807) is 6.07 Å². The zero-order chi connectivity index (χ0) is 20.3. The minimum atomic E-state index is -0.444. The minimum Gasteiger partial charge on any atom is -0.383 e. The molecule has 0 saturated carbocycles. The Labute approximate surface area is 174 Å². The summed E-state index contributed by atoms with van der Waals surface area (Å²) >= 11 is 13.5. The molecule has 0 unspecified atom stereocenters. The van der Waals surface area contributed by atoms with Crippen LogP contribution in [0.2, 0.25) is 10.0 Å². The highest BCUT2D eigenvalue weighted by Crippen LogP contribution is 2.36. The van der Waals surface area contributed by atoms with E-state index in [4.69, 9.17) is 27.9 Å². The Bertz CT molecular complexity index is 1060. The van der Waals surface area contributed by atoms with Gasteiger partial charge >= 0.3 is 0 Å². The predicted molar refractivity (Wildman–Crippen MR) is 110 cm³/mol. The van der Waals surface area contributed by atoms with Crippen molar-refractivity contribution in [3.05, 3.63) is 62.7 Å². The third kappa shape index (κ3) is 4.44. The van der Waals surface area contributed by atoms with Gasteiger partial charge in [0, 0.05) is 29.4 Å². The Morgan fingerprint density at radius 1 is 1.14 bits per heavy atom. The summed E-state index contributed by atoms with van der Waals surface area (Å²) in [5.41, 5.74) is 0.689. The molecule has 0 aliphatic carbocycles. The van der Waals surface area contributed by atoms with Gasteiger partial charge in [0.05, 0.1) is 22.2 Å². The number of thiophene rings is 1. The zero-order valence-electron chi connectivity index (χ0n) is 14.6. The Morgan fingerprint density at radius 2 is 1.93 bits per heavy atom. The summed E-state index contributed by atoms with van der Waals surface area (Å²) in [4.78, 5) is 24.9. The molecular formula is C19H15Cl2FN2O3S. The number of ether oxygens (including phenoxy) is 1. The molecule has 0 spiro atoms. The van der Waals surface area contributed by atoms with Gasteiger partial charge in [-0.25, -0.2) is 4.39 Å². The lowest BCUT2D eigenvalue weighted by Gasteiger charge is -2.09. The van der Waals surface area contributed by atoms with E-state index in [0.29, 0.717) is 28.9 Å². The molecule has 1 aromatic heterocycles. The summed E-state index contributed by atoms with van der Waals surface area (Å²) < 4.78 is 18.8. The van der Waals surface area contributed by atoms with E-state index in [0.717, 1.165) is 11.3 Å². The van der Waals surface area contributed by atoms with E-state index in [2.05, 4.69) is 10.6 Å². The van der Waals surface area contributed by atoms with Crippen molar-refractivity contribution in [3.63, 3.8) is 0 Å². The Hall–Kier alpha value is -2.19. The summed E-state index contributed by atoms with van der Waals surface area (Å²) in [5, 5.41) is 6.43. The number of nitrogens with one attached hydrogen (secondary N) is 2. The van der Waals surface area contributed by atoms with Crippen LogP contribution in [0.1, 0.15) is 20.0 Å². The van der Waals surface area contributed by atoms with Gasteiger partial charge in [0.15, 0.2) is 0 Å². The largest absolute Gasteiger partial charge is 0.383 e. The second-order valence-corrected chi connectivity index (χ2v) is 7.62. The highest BCUT2D eigenvalue weighted by Gasteiger charge is 2.18. The SMILES string of the molecule is COCCNC(=O)c1ccc(NC(=O)c2sc3cc(F)ccc3c2Cl)cc1Cl. The van der Waals surface area contributed by atoms with Crippen molar-refractivity contribution >= 4 is 62.1 Å². The molecular weight excluding hydrogens is 426 g/mol. The van der Waals surface area contributed by atoms with Gasteiger partial charge in [-0.1, -0.05) is 23.2 Å². The van der Waals surface area contributed by atoms with Crippen molar-refractivity contribution in [2.75, 3.05) is 25.6 Å². The molecule has 0 bridgehead atoms. The third-order valence-corrected chi connectivity index (χ3v) is 5.83. The Morgan fingerprint density at radius 3 is 2.64 bits per heavy atom. The van der Waals surface area contributed by atoms with Gasteiger partial charge in [0.25, 0.3) is 11.8 Å². The molecule has 2 amide bonds. The number of carbonyl (C=O) groups is 2. The molecule has 3 rings (SSSR count). The summed E-state index contributed by atoms with van der Waals surface area (Å²) in [7, 11) is 1.54. The van der Waals surface area contributed by atoms with Crippen LogP contribution in [-0.2, 0) is 4.74 Å². The van der Waals surface area contributed by atoms with E-state index in [1.165, 1.54) is 37.4 Å². The molecule has 0 aliphatic heterocycles. The first kappa shape index (κ1) is 20.5. The van der Waals surface area contributed by atoms with E-state index in [9.17, 15) is 14.0 Å². The van der Waals surface area contributed by atoms with Crippen LogP contribution in [0.15, 0.2) is 36.4 Å². The molecule has 0 aliphatic rings. The Kier molecular flexibility index (Phi) is 6.51. The van der Waals surface area contributed by atoms with Gasteiger partial charge in [0.1, 0.15) is 10.7 Å². The fourth-order valence-electron chi connectivity index (χ4n) is 2.51. The Balaban J connectivity index is 1.77. The average molecular weight is 441 g/mol. The number of methoxy groups -OCH3 is 1. The van der Waals surface area contributed by atoms with Crippen LogP contribution >= 0.6 is 34.5 Å². The first-order valence-electron chi connectivity index (χ1n) is 8.16. The molecule has 5 nitrogen and oxygen atoms in total. The van der Waals surface area contributed by atoms with Crippen molar-refractivity contribution in [2.24, 2.45) is 0 Å². The highest BCUT2D eigenvalue weighted by atomic mass is 35.5. The monoisotopic (exact) mass is 440 g/mol. The van der Waals surface area contributed by atoms with Crippen LogP contribution in [0.5, 0.6) is 0 Å². The summed E-state index contributed by atoms with van der Waals surface area (Å²) in [5.74, 6) is -1.18. The average Bonchev–Trinajstić information content (AvgIpc) is 2.98. The lowest BCUT2D eigenvalue weighted by atomic mass is 10.2. The predicted octanol–water partition coefficient (Wildman–Crippen LogP) is 4.98. The van der Waals surface area contributed by atoms with Gasteiger partial charge in [0.2, 0.25) is 0 Å². The van der Waals surface area contributed by atoms with Crippen molar-refractivity contribution < 1.29 is 18.7 Å². The van der Waals surface area contributed by atoms with Gasteiger partial charge in [-0.2, -0.15) is 0 Å². The number of halogens is 3. The van der Waals surface area contributed by atoms with E-state index >= 15 is 0 Å². The lowest BCUT2D eigenvalue weighted by Crippen LogP contribution is -2.27. The fraction of sp³-hybridized carbons (Fsp3) is 0.158. The third-order valence-electron chi connectivity index (χ3n) is 3.86. The summed E-state index contributed by atoms with van der Waals surface area (Å²) in [6, 6.07) is 8.72.